The molecule has 0 radical (unpaired) electrons. The number of carbonyl (C=O) groups is 1. The third-order valence-corrected chi connectivity index (χ3v) is 4.06. The molecule has 20 heavy (non-hydrogen) atoms. The van der Waals surface area contributed by atoms with Crippen molar-refractivity contribution >= 4 is 16.8 Å². The molecule has 0 unspecified atom stereocenters. The lowest BCUT2D eigenvalue weighted by Crippen LogP contribution is -2.35. The van der Waals surface area contributed by atoms with Crippen LogP contribution >= 0.6 is 0 Å². The molecule has 4 nitrogen and oxygen atoms in total. The number of aromatic amines is 1. The molecule has 0 bridgehead atoms. The van der Waals surface area contributed by atoms with Crippen LogP contribution in [-0.2, 0) is 0 Å². The molecule has 2 aromatic rings. The Hall–Kier alpha value is -2.10. The van der Waals surface area contributed by atoms with Gasteiger partial charge in [-0.05, 0) is 31.4 Å². The van der Waals surface area contributed by atoms with E-state index < -0.39 is 0 Å². The number of fused-ring (bicyclic) bond motifs is 1. The number of benzene rings is 1. The molecule has 1 heterocycles. The van der Waals surface area contributed by atoms with Crippen molar-refractivity contribution in [1.29, 1.82) is 0 Å². The number of carbonyl (C=O) groups excluding carboxylic acids is 1. The zero-order chi connectivity index (χ0) is 14.1. The van der Waals surface area contributed by atoms with Gasteiger partial charge in [-0.1, -0.05) is 25.0 Å². The summed E-state index contributed by atoms with van der Waals surface area (Å²) < 4.78 is 0. The fraction of sp³-hybridized carbons (Fsp3) is 0.375. The Morgan fingerprint density at radius 2 is 2.05 bits per heavy atom. The van der Waals surface area contributed by atoms with Gasteiger partial charge in [0, 0.05) is 17.6 Å². The maximum absolute atomic E-state index is 12.4. The lowest BCUT2D eigenvalue weighted by atomic mass is 10.1. The number of amides is 1. The number of aromatic nitrogens is 1. The van der Waals surface area contributed by atoms with Gasteiger partial charge in [-0.2, -0.15) is 0 Å². The third-order valence-electron chi connectivity index (χ3n) is 4.06. The van der Waals surface area contributed by atoms with Crippen molar-refractivity contribution in [3.8, 4) is 0 Å². The molecule has 0 saturated heterocycles. The van der Waals surface area contributed by atoms with Crippen LogP contribution in [-0.4, -0.2) is 16.9 Å². The first-order chi connectivity index (χ1) is 9.66. The number of hydrogen-bond acceptors (Lipinski definition) is 2. The van der Waals surface area contributed by atoms with Crippen molar-refractivity contribution in [3.63, 3.8) is 0 Å². The van der Waals surface area contributed by atoms with Crippen LogP contribution in [0.15, 0.2) is 29.2 Å². The van der Waals surface area contributed by atoms with Gasteiger partial charge >= 0.3 is 0 Å². The van der Waals surface area contributed by atoms with E-state index in [1.807, 2.05) is 19.1 Å². The van der Waals surface area contributed by atoms with Crippen LogP contribution in [0.4, 0.5) is 0 Å². The summed E-state index contributed by atoms with van der Waals surface area (Å²) in [6.45, 7) is 1.94. The molecule has 1 amide bonds. The van der Waals surface area contributed by atoms with Gasteiger partial charge in [-0.3, -0.25) is 9.59 Å². The molecule has 0 aliphatic heterocycles. The van der Waals surface area contributed by atoms with Crippen LogP contribution in [0.1, 0.15) is 41.6 Å². The van der Waals surface area contributed by atoms with Crippen molar-refractivity contribution in [2.24, 2.45) is 0 Å². The van der Waals surface area contributed by atoms with Gasteiger partial charge in [0.25, 0.3) is 5.91 Å². The number of aryl methyl sites for hydroxylation is 1. The molecule has 4 heteroatoms. The highest BCUT2D eigenvalue weighted by molar-refractivity contribution is 5.97. The maximum Gasteiger partial charge on any atom is 0.256 e. The molecular weight excluding hydrogens is 252 g/mol. The number of H-pyrrole nitrogens is 1. The molecule has 0 spiro atoms. The summed E-state index contributed by atoms with van der Waals surface area (Å²) >= 11 is 0. The highest BCUT2D eigenvalue weighted by Crippen LogP contribution is 2.18. The monoisotopic (exact) mass is 270 g/mol. The van der Waals surface area contributed by atoms with Crippen molar-refractivity contribution in [2.45, 2.75) is 38.6 Å². The molecule has 1 saturated carbocycles. The van der Waals surface area contributed by atoms with Gasteiger partial charge in [0.05, 0.1) is 5.52 Å². The van der Waals surface area contributed by atoms with Crippen molar-refractivity contribution < 1.29 is 4.79 Å². The zero-order valence-electron chi connectivity index (χ0n) is 11.5. The van der Waals surface area contributed by atoms with E-state index in [-0.39, 0.29) is 22.9 Å². The molecule has 104 valence electrons. The SMILES string of the molecule is Cc1cccc2c(=O)c(C(=O)NC3CCCC3)c[nH]c12. The Labute approximate surface area is 117 Å². The largest absolute Gasteiger partial charge is 0.360 e. The molecule has 1 aromatic carbocycles. The average Bonchev–Trinajstić information content (AvgIpc) is 2.93. The second-order valence-electron chi connectivity index (χ2n) is 5.48. The average molecular weight is 270 g/mol. The first kappa shape index (κ1) is 12.9. The molecule has 1 aliphatic carbocycles. The first-order valence-corrected chi connectivity index (χ1v) is 7.08. The fourth-order valence-electron chi connectivity index (χ4n) is 2.91. The fourth-order valence-corrected chi connectivity index (χ4v) is 2.91. The van der Waals surface area contributed by atoms with Gasteiger partial charge in [0.2, 0.25) is 5.43 Å². The van der Waals surface area contributed by atoms with Crippen LogP contribution in [0.2, 0.25) is 0 Å². The molecule has 3 rings (SSSR count). The van der Waals surface area contributed by atoms with Gasteiger partial charge in [-0.15, -0.1) is 0 Å². The van der Waals surface area contributed by atoms with Gasteiger partial charge in [0.1, 0.15) is 5.56 Å². The molecule has 1 aromatic heterocycles. The van der Waals surface area contributed by atoms with Crippen LogP contribution in [0.3, 0.4) is 0 Å². The Bertz CT molecular complexity index is 712. The standard InChI is InChI=1S/C16H18N2O2/c1-10-5-4-8-12-14(10)17-9-13(15(12)19)16(20)18-11-6-2-3-7-11/h4-5,8-9,11H,2-3,6-7H2,1H3,(H,17,19)(H,18,20). The van der Waals surface area contributed by atoms with E-state index in [2.05, 4.69) is 10.3 Å². The summed E-state index contributed by atoms with van der Waals surface area (Å²) in [5.41, 5.74) is 1.81. The van der Waals surface area contributed by atoms with Gasteiger partial charge in [0.15, 0.2) is 0 Å². The molecule has 1 aliphatic rings. The highest BCUT2D eigenvalue weighted by Gasteiger charge is 2.20. The predicted molar refractivity (Wildman–Crippen MR) is 79.0 cm³/mol. The van der Waals surface area contributed by atoms with Crippen molar-refractivity contribution in [3.05, 3.63) is 45.7 Å². The van der Waals surface area contributed by atoms with E-state index in [1.54, 1.807) is 6.07 Å². The van der Waals surface area contributed by atoms with Crippen molar-refractivity contribution in [1.82, 2.24) is 10.3 Å². The number of para-hydroxylation sites is 1. The Balaban J connectivity index is 1.97. The Morgan fingerprint density at radius 1 is 1.30 bits per heavy atom. The number of pyridine rings is 1. The minimum atomic E-state index is -0.262. The lowest BCUT2D eigenvalue weighted by Gasteiger charge is -2.12. The van der Waals surface area contributed by atoms with Gasteiger partial charge in [-0.25, -0.2) is 0 Å². The number of hydrogen-bond donors (Lipinski definition) is 2. The molecular formula is C16H18N2O2. The second-order valence-corrected chi connectivity index (χ2v) is 5.48. The summed E-state index contributed by atoms with van der Waals surface area (Å²) in [5, 5.41) is 3.53. The van der Waals surface area contributed by atoms with Crippen LogP contribution < -0.4 is 10.7 Å². The van der Waals surface area contributed by atoms with E-state index in [0.717, 1.165) is 36.8 Å². The van der Waals surface area contributed by atoms with E-state index >= 15 is 0 Å². The molecule has 1 fully saturated rings. The Kier molecular flexibility index (Phi) is 3.30. The Morgan fingerprint density at radius 3 is 2.80 bits per heavy atom. The normalized spacial score (nSPS) is 15.7. The number of nitrogens with one attached hydrogen (secondary N) is 2. The summed E-state index contributed by atoms with van der Waals surface area (Å²) in [6, 6.07) is 5.76. The van der Waals surface area contributed by atoms with E-state index in [0.29, 0.717) is 5.39 Å². The third kappa shape index (κ3) is 2.22. The molecule has 0 atom stereocenters. The van der Waals surface area contributed by atoms with E-state index in [4.69, 9.17) is 0 Å². The highest BCUT2D eigenvalue weighted by atomic mass is 16.2. The van der Waals surface area contributed by atoms with Gasteiger partial charge < -0.3 is 10.3 Å². The quantitative estimate of drug-likeness (QED) is 0.880. The van der Waals surface area contributed by atoms with Crippen molar-refractivity contribution in [2.75, 3.05) is 0 Å². The van der Waals surface area contributed by atoms with E-state index in [9.17, 15) is 9.59 Å². The minimum Gasteiger partial charge on any atom is -0.360 e. The zero-order valence-corrected chi connectivity index (χ0v) is 11.5. The summed E-state index contributed by atoms with van der Waals surface area (Å²) in [5.74, 6) is -0.262. The van der Waals surface area contributed by atoms with Crippen LogP contribution in [0, 0.1) is 6.92 Å². The summed E-state index contributed by atoms with van der Waals surface area (Å²) in [4.78, 5) is 27.7. The smallest absolute Gasteiger partial charge is 0.256 e. The minimum absolute atomic E-state index is 0.196. The lowest BCUT2D eigenvalue weighted by molar-refractivity contribution is 0.0936. The maximum atomic E-state index is 12.4. The second kappa shape index (κ2) is 5.12. The first-order valence-electron chi connectivity index (χ1n) is 7.08. The van der Waals surface area contributed by atoms with Crippen LogP contribution in [0.25, 0.3) is 10.9 Å². The predicted octanol–water partition coefficient (Wildman–Crippen LogP) is 2.51. The van der Waals surface area contributed by atoms with Crippen LogP contribution in [0.5, 0.6) is 0 Å². The summed E-state index contributed by atoms with van der Waals surface area (Å²) in [7, 11) is 0. The molecule has 2 N–H and O–H groups in total. The summed E-state index contributed by atoms with van der Waals surface area (Å²) in [6.07, 6.45) is 5.85. The van der Waals surface area contributed by atoms with E-state index in [1.165, 1.54) is 6.20 Å². The topological polar surface area (TPSA) is 62.0 Å². The number of rotatable bonds is 2.